The van der Waals surface area contributed by atoms with Crippen molar-refractivity contribution in [1.82, 2.24) is 4.57 Å². The van der Waals surface area contributed by atoms with E-state index < -0.39 is 0 Å². The number of aryl methyl sites for hydroxylation is 1. The molecule has 0 aliphatic heterocycles. The predicted molar refractivity (Wildman–Crippen MR) is 229 cm³/mol. The molecule has 3 heterocycles. The van der Waals surface area contributed by atoms with Crippen LogP contribution in [-0.2, 0) is 18.3 Å². The van der Waals surface area contributed by atoms with Crippen LogP contribution in [0.4, 0.5) is 0 Å². The van der Waals surface area contributed by atoms with E-state index >= 15 is 0 Å². The first-order valence-electron chi connectivity index (χ1n) is 19.3. The highest BCUT2D eigenvalue weighted by molar-refractivity contribution is 7.19. The molecule has 3 aromatic heterocycles. The Bertz CT molecular complexity index is 3140. The quantitative estimate of drug-likeness (QED) is 0.178. The van der Waals surface area contributed by atoms with Gasteiger partial charge in [-0.3, -0.25) is 0 Å². The van der Waals surface area contributed by atoms with Gasteiger partial charge in [-0.2, -0.15) is 0 Å². The van der Waals surface area contributed by atoms with Crippen LogP contribution in [0, 0.1) is 0 Å². The normalized spacial score (nSPS) is 15.3. The number of hydrogen-bond acceptors (Lipinski definition) is 2. The van der Waals surface area contributed by atoms with Crippen LogP contribution in [-0.4, -0.2) is 4.57 Å². The number of nitrogens with zero attached hydrogens (tertiary/aromatic N) is 1. The lowest BCUT2D eigenvalue weighted by Gasteiger charge is -2.22. The monoisotopic (exact) mass is 711 g/mol. The van der Waals surface area contributed by atoms with Gasteiger partial charge in [-0.05, 0) is 118 Å². The summed E-state index contributed by atoms with van der Waals surface area (Å²) in [5.41, 5.74) is 18.7. The first-order valence-corrected chi connectivity index (χ1v) is 20.1. The minimum atomic E-state index is -0.0866. The van der Waals surface area contributed by atoms with Gasteiger partial charge in [0, 0.05) is 53.7 Å². The summed E-state index contributed by atoms with van der Waals surface area (Å²) in [4.78, 5) is 1.52. The van der Waals surface area contributed by atoms with Gasteiger partial charge in [0.05, 0.1) is 5.52 Å². The molecule has 0 saturated carbocycles. The molecule has 0 fully saturated rings. The maximum absolute atomic E-state index is 6.74. The van der Waals surface area contributed by atoms with E-state index in [1.165, 1.54) is 87.3 Å². The van der Waals surface area contributed by atoms with Crippen molar-refractivity contribution in [3.8, 4) is 39.1 Å². The molecule has 0 radical (unpaired) electrons. The van der Waals surface area contributed by atoms with Gasteiger partial charge in [-0.25, -0.2) is 0 Å². The number of thiophene rings is 1. The van der Waals surface area contributed by atoms with Crippen LogP contribution >= 0.6 is 11.3 Å². The number of benzene rings is 6. The smallest absolute Gasteiger partial charge is 0.143 e. The zero-order chi connectivity index (χ0) is 35.7. The van der Waals surface area contributed by atoms with E-state index in [0.717, 1.165) is 53.2 Å². The predicted octanol–water partition coefficient (Wildman–Crippen LogP) is 14.3. The number of fused-ring (bicyclic) bond motifs is 12. The summed E-state index contributed by atoms with van der Waals surface area (Å²) >= 11 is 1.97. The average Bonchev–Trinajstić information content (AvgIpc) is 3.94. The Morgan fingerprint density at radius 3 is 2.31 bits per heavy atom. The molecule has 0 N–H and O–H groups in total. The van der Waals surface area contributed by atoms with Gasteiger partial charge in [0.2, 0.25) is 0 Å². The largest absolute Gasteiger partial charge is 0.455 e. The Kier molecular flexibility index (Phi) is 6.26. The maximum atomic E-state index is 6.74. The van der Waals surface area contributed by atoms with E-state index in [9.17, 15) is 0 Å². The van der Waals surface area contributed by atoms with Crippen molar-refractivity contribution in [1.29, 1.82) is 0 Å². The molecule has 2 nitrogen and oxygen atoms in total. The average molecular weight is 712 g/mol. The van der Waals surface area contributed by atoms with E-state index in [-0.39, 0.29) is 5.41 Å². The highest BCUT2D eigenvalue weighted by atomic mass is 32.1. The first kappa shape index (κ1) is 30.6. The summed E-state index contributed by atoms with van der Waals surface area (Å²) in [6.07, 6.45) is 13.7. The molecule has 0 atom stereocenters. The molecule has 0 unspecified atom stereocenters. The molecule has 0 spiro atoms. The minimum absolute atomic E-state index is 0.0866. The third-order valence-corrected chi connectivity index (χ3v) is 13.7. The van der Waals surface area contributed by atoms with Gasteiger partial charge in [-0.15, -0.1) is 11.3 Å². The molecule has 0 bridgehead atoms. The molecule has 3 heteroatoms. The Morgan fingerprint density at radius 1 is 0.593 bits per heavy atom. The van der Waals surface area contributed by atoms with Gasteiger partial charge in [0.15, 0.2) is 0 Å². The lowest BCUT2D eigenvalue weighted by molar-refractivity contribution is 0.660. The molecule has 12 rings (SSSR count). The number of aromatic nitrogens is 1. The second-order valence-corrected chi connectivity index (χ2v) is 17.0. The third kappa shape index (κ3) is 4.22. The standard InChI is InChI=1S/C51H37NOS/c1-51(2)43-15-7-3-11-34(43)35-22-20-32(26-44(35)51)40-28-33(29-42-37-13-5-9-17-47(37)53-50(40)42)52-45-16-8-4-12-36(45)41-25-30(21-24-46(41)52)31-19-23-39-38-14-6-10-18-48(38)54-49(39)27-31/h3-7,9,11-15,17,19-29H,8,10,16,18H2,1-2H3. The zero-order valence-corrected chi connectivity index (χ0v) is 31.2. The molecule has 9 aromatic rings. The van der Waals surface area contributed by atoms with Crippen LogP contribution in [0.25, 0.3) is 94.1 Å². The van der Waals surface area contributed by atoms with Crippen molar-refractivity contribution in [2.75, 3.05) is 0 Å². The number of rotatable bonds is 3. The fourth-order valence-corrected chi connectivity index (χ4v) is 11.1. The summed E-state index contributed by atoms with van der Waals surface area (Å²) in [6, 6.07) is 43.4. The Hall–Kier alpha value is -5.90. The van der Waals surface area contributed by atoms with Gasteiger partial charge in [0.1, 0.15) is 11.2 Å². The van der Waals surface area contributed by atoms with Gasteiger partial charge >= 0.3 is 0 Å². The van der Waals surface area contributed by atoms with E-state index in [1.807, 2.05) is 11.3 Å². The van der Waals surface area contributed by atoms with Gasteiger partial charge in [0.25, 0.3) is 0 Å². The SMILES string of the molecule is CC1(C)c2ccccc2-c2ccc(-c3cc(-n4c5c(c6cc(-c7ccc8c9c(sc8c7)CCC=C9)ccc64)C=CCC5)cc4c3oc3ccccc34)cc21. The van der Waals surface area contributed by atoms with E-state index in [1.54, 1.807) is 0 Å². The van der Waals surface area contributed by atoms with Crippen molar-refractivity contribution in [2.24, 2.45) is 0 Å². The number of hydrogen-bond donors (Lipinski definition) is 0. The van der Waals surface area contributed by atoms with Crippen molar-refractivity contribution >= 4 is 66.4 Å². The summed E-state index contributed by atoms with van der Waals surface area (Å²) in [6.45, 7) is 4.72. The number of para-hydroxylation sites is 1. The van der Waals surface area contributed by atoms with Crippen LogP contribution in [0.1, 0.15) is 59.5 Å². The van der Waals surface area contributed by atoms with Crippen molar-refractivity contribution < 1.29 is 4.42 Å². The highest BCUT2D eigenvalue weighted by Crippen LogP contribution is 2.50. The van der Waals surface area contributed by atoms with Crippen LogP contribution in [0.5, 0.6) is 0 Å². The summed E-state index contributed by atoms with van der Waals surface area (Å²) in [5, 5.41) is 5.00. The molecule has 3 aliphatic rings. The van der Waals surface area contributed by atoms with Crippen molar-refractivity contribution in [3.63, 3.8) is 0 Å². The third-order valence-electron chi connectivity index (χ3n) is 12.5. The molecule has 6 aromatic carbocycles. The Labute approximate surface area is 318 Å². The van der Waals surface area contributed by atoms with Crippen LogP contribution in [0.15, 0.2) is 132 Å². The summed E-state index contributed by atoms with van der Waals surface area (Å²) in [5.74, 6) is 0. The second-order valence-electron chi connectivity index (χ2n) is 15.9. The van der Waals surface area contributed by atoms with Crippen molar-refractivity contribution in [3.05, 3.63) is 160 Å². The second kappa shape index (κ2) is 11.1. The maximum Gasteiger partial charge on any atom is 0.143 e. The molecule has 0 amide bonds. The first-order chi connectivity index (χ1) is 26.5. The van der Waals surface area contributed by atoms with Crippen LogP contribution in [0.3, 0.4) is 0 Å². The van der Waals surface area contributed by atoms with Gasteiger partial charge in [-0.1, -0.05) is 111 Å². The fraction of sp³-hybridized carbons (Fsp3) is 0.137. The molecule has 258 valence electrons. The molecular formula is C51H37NOS. The summed E-state index contributed by atoms with van der Waals surface area (Å²) < 4.78 is 10.7. The van der Waals surface area contributed by atoms with Gasteiger partial charge < -0.3 is 8.98 Å². The number of allylic oxidation sites excluding steroid dienone is 2. The lowest BCUT2D eigenvalue weighted by Crippen LogP contribution is -2.14. The molecule has 3 aliphatic carbocycles. The van der Waals surface area contributed by atoms with Crippen LogP contribution in [0.2, 0.25) is 0 Å². The Balaban J connectivity index is 1.07. The number of furan rings is 1. The summed E-state index contributed by atoms with van der Waals surface area (Å²) in [7, 11) is 0. The van der Waals surface area contributed by atoms with Crippen LogP contribution < -0.4 is 0 Å². The van der Waals surface area contributed by atoms with E-state index in [4.69, 9.17) is 4.42 Å². The molecule has 54 heavy (non-hydrogen) atoms. The van der Waals surface area contributed by atoms with E-state index in [2.05, 4.69) is 158 Å². The highest BCUT2D eigenvalue weighted by Gasteiger charge is 2.35. The molecular weight excluding hydrogens is 675 g/mol. The molecule has 0 saturated heterocycles. The topological polar surface area (TPSA) is 18.1 Å². The van der Waals surface area contributed by atoms with E-state index in [0.29, 0.717) is 0 Å². The lowest BCUT2D eigenvalue weighted by atomic mass is 9.81. The zero-order valence-electron chi connectivity index (χ0n) is 30.4. The fourth-order valence-electron chi connectivity index (χ4n) is 9.85. The van der Waals surface area contributed by atoms with Crippen molar-refractivity contribution in [2.45, 2.75) is 44.9 Å². The minimum Gasteiger partial charge on any atom is -0.455 e. The Morgan fingerprint density at radius 2 is 1.37 bits per heavy atom.